The number of likely N-dealkylation sites (tertiary alicyclic amines) is 1. The minimum Gasteiger partial charge on any atom is -0.394 e. The molecule has 4 atom stereocenters. The Hall–Kier alpha value is -1.36. The van der Waals surface area contributed by atoms with Gasteiger partial charge in [0.1, 0.15) is 0 Å². The summed E-state index contributed by atoms with van der Waals surface area (Å²) in [4.78, 5) is 5.89. The molecular weight excluding hydrogens is 276 g/mol. The Bertz CT molecular complexity index is 677. The molecular formula is C18H24N2O2. The summed E-state index contributed by atoms with van der Waals surface area (Å²) >= 11 is 0. The molecule has 4 rings (SSSR count). The van der Waals surface area contributed by atoms with Crippen LogP contribution in [0.3, 0.4) is 0 Å². The summed E-state index contributed by atoms with van der Waals surface area (Å²) in [5.74, 6) is 0.914. The van der Waals surface area contributed by atoms with Gasteiger partial charge in [0.05, 0.1) is 12.7 Å². The Morgan fingerprint density at radius 3 is 3.09 bits per heavy atom. The van der Waals surface area contributed by atoms with Gasteiger partial charge in [0.2, 0.25) is 0 Å². The molecule has 2 aliphatic rings. The van der Waals surface area contributed by atoms with Gasteiger partial charge in [-0.25, -0.2) is 0 Å². The maximum absolute atomic E-state index is 9.59. The minimum absolute atomic E-state index is 0.0600. The zero-order valence-corrected chi connectivity index (χ0v) is 13.2. The fraction of sp³-hybridized carbons (Fsp3) is 0.556. The number of likely N-dealkylation sites (N-methyl/N-ethyl adjacent to an activating group) is 1. The molecule has 2 heterocycles. The molecule has 4 nitrogen and oxygen atoms in total. The largest absolute Gasteiger partial charge is 0.394 e. The van der Waals surface area contributed by atoms with Crippen LogP contribution in [0.1, 0.15) is 23.5 Å². The van der Waals surface area contributed by atoms with Gasteiger partial charge < -0.3 is 19.7 Å². The highest BCUT2D eigenvalue weighted by Gasteiger charge is 2.41. The van der Waals surface area contributed by atoms with Gasteiger partial charge in [-0.1, -0.05) is 12.1 Å². The van der Waals surface area contributed by atoms with Crippen molar-refractivity contribution in [1.29, 1.82) is 0 Å². The molecule has 0 saturated carbocycles. The predicted molar refractivity (Wildman–Crippen MR) is 87.2 cm³/mol. The number of benzene rings is 1. The van der Waals surface area contributed by atoms with E-state index in [0.29, 0.717) is 17.9 Å². The highest BCUT2D eigenvalue weighted by molar-refractivity contribution is 5.88. The zero-order valence-electron chi connectivity index (χ0n) is 13.2. The molecule has 1 aromatic carbocycles. The molecule has 3 unspecified atom stereocenters. The fourth-order valence-corrected chi connectivity index (χ4v) is 4.67. The van der Waals surface area contributed by atoms with E-state index >= 15 is 0 Å². The number of fused-ring (bicyclic) bond motifs is 2. The molecule has 1 fully saturated rings. The van der Waals surface area contributed by atoms with Crippen LogP contribution in [0, 0.1) is 5.92 Å². The Kier molecular flexibility index (Phi) is 3.48. The quantitative estimate of drug-likeness (QED) is 0.913. The number of methoxy groups -OCH3 is 1. The molecule has 2 aromatic rings. The van der Waals surface area contributed by atoms with E-state index in [1.807, 2.05) is 0 Å². The second kappa shape index (κ2) is 5.37. The van der Waals surface area contributed by atoms with E-state index in [1.54, 1.807) is 7.11 Å². The zero-order chi connectivity index (χ0) is 15.3. The first-order chi connectivity index (χ1) is 10.7. The van der Waals surface area contributed by atoms with Gasteiger partial charge >= 0.3 is 0 Å². The lowest BCUT2D eigenvalue weighted by Crippen LogP contribution is -2.51. The molecule has 1 aliphatic heterocycles. The van der Waals surface area contributed by atoms with E-state index in [0.717, 1.165) is 19.4 Å². The standard InChI is InChI=1S/C18H24N2O2/c1-20-9-12(17(10-21)22-2)6-14-13-4-3-5-15-18(13)11(8-19-15)7-16(14)20/h3-5,8,12,14,16-17,19,21H,6-7,9-10H2,1-2H3/t12?,14?,16-,17?/m1/s1. The summed E-state index contributed by atoms with van der Waals surface area (Å²) in [5, 5.41) is 11.0. The van der Waals surface area contributed by atoms with Crippen molar-refractivity contribution in [3.8, 4) is 0 Å². The number of H-pyrrole nitrogens is 1. The number of aliphatic hydroxyl groups is 1. The number of hydrogen-bond donors (Lipinski definition) is 2. The number of piperidine rings is 1. The molecule has 22 heavy (non-hydrogen) atoms. The first-order valence-corrected chi connectivity index (χ1v) is 8.15. The molecule has 1 aromatic heterocycles. The van der Waals surface area contributed by atoms with Gasteiger partial charge in [0.25, 0.3) is 0 Å². The predicted octanol–water partition coefficient (Wildman–Crippen LogP) is 2.14. The van der Waals surface area contributed by atoms with Gasteiger partial charge in [-0.05, 0) is 37.1 Å². The van der Waals surface area contributed by atoms with Crippen LogP contribution in [-0.4, -0.2) is 54.4 Å². The van der Waals surface area contributed by atoms with Crippen LogP contribution < -0.4 is 0 Å². The van der Waals surface area contributed by atoms with Gasteiger partial charge in [0, 0.05) is 48.6 Å². The number of nitrogens with zero attached hydrogens (tertiary/aromatic N) is 1. The van der Waals surface area contributed by atoms with Crippen LogP contribution >= 0.6 is 0 Å². The summed E-state index contributed by atoms with van der Waals surface area (Å²) in [5.41, 5.74) is 4.16. The van der Waals surface area contributed by atoms with E-state index in [-0.39, 0.29) is 12.7 Å². The molecule has 118 valence electrons. The summed E-state index contributed by atoms with van der Waals surface area (Å²) in [6.07, 6.45) is 4.32. The van der Waals surface area contributed by atoms with Crippen LogP contribution in [0.25, 0.3) is 10.9 Å². The first-order valence-electron chi connectivity index (χ1n) is 8.15. The topological polar surface area (TPSA) is 48.5 Å². The van der Waals surface area contributed by atoms with Crippen LogP contribution in [0.2, 0.25) is 0 Å². The van der Waals surface area contributed by atoms with Crippen LogP contribution in [0.4, 0.5) is 0 Å². The van der Waals surface area contributed by atoms with Crippen molar-refractivity contribution >= 4 is 10.9 Å². The summed E-state index contributed by atoms with van der Waals surface area (Å²) < 4.78 is 5.51. The number of hydrogen-bond acceptors (Lipinski definition) is 3. The Morgan fingerprint density at radius 2 is 2.32 bits per heavy atom. The SMILES string of the molecule is COC(CO)C1CC2c3cccc4[nH]cc(c34)C[C@H]2N(C)C1. The molecule has 4 heteroatoms. The number of rotatable bonds is 3. The van der Waals surface area contributed by atoms with Gasteiger partial charge in [-0.3, -0.25) is 0 Å². The fourth-order valence-electron chi connectivity index (χ4n) is 4.67. The summed E-state index contributed by atoms with van der Waals surface area (Å²) in [7, 11) is 3.92. The van der Waals surface area contributed by atoms with Gasteiger partial charge in [-0.15, -0.1) is 0 Å². The first kappa shape index (κ1) is 14.2. The highest BCUT2D eigenvalue weighted by atomic mass is 16.5. The lowest BCUT2D eigenvalue weighted by atomic mass is 9.71. The second-order valence-electron chi connectivity index (χ2n) is 6.85. The maximum atomic E-state index is 9.59. The molecule has 0 bridgehead atoms. The number of aromatic amines is 1. The number of aliphatic hydroxyl groups excluding tert-OH is 1. The van der Waals surface area contributed by atoms with Gasteiger partial charge in [0.15, 0.2) is 0 Å². The van der Waals surface area contributed by atoms with Gasteiger partial charge in [-0.2, -0.15) is 0 Å². The molecule has 0 spiro atoms. The molecule has 0 radical (unpaired) electrons. The van der Waals surface area contributed by atoms with Crippen molar-refractivity contribution in [2.75, 3.05) is 27.3 Å². The van der Waals surface area contributed by atoms with E-state index < -0.39 is 0 Å². The summed E-state index contributed by atoms with van der Waals surface area (Å²) in [6.45, 7) is 1.10. The van der Waals surface area contributed by atoms with Crippen LogP contribution in [0.15, 0.2) is 24.4 Å². The Balaban J connectivity index is 1.75. The van der Waals surface area contributed by atoms with Crippen LogP contribution in [-0.2, 0) is 11.2 Å². The van der Waals surface area contributed by atoms with E-state index in [4.69, 9.17) is 4.74 Å². The number of aromatic nitrogens is 1. The number of nitrogens with one attached hydrogen (secondary N) is 1. The monoisotopic (exact) mass is 300 g/mol. The third-order valence-electron chi connectivity index (χ3n) is 5.77. The van der Waals surface area contributed by atoms with Crippen molar-refractivity contribution in [3.05, 3.63) is 35.5 Å². The Morgan fingerprint density at radius 1 is 1.45 bits per heavy atom. The van der Waals surface area contributed by atoms with E-state index in [9.17, 15) is 5.11 Å². The molecule has 0 amide bonds. The molecule has 2 N–H and O–H groups in total. The van der Waals surface area contributed by atoms with Crippen molar-refractivity contribution in [2.24, 2.45) is 5.92 Å². The lowest BCUT2D eigenvalue weighted by Gasteiger charge is -2.47. The lowest BCUT2D eigenvalue weighted by molar-refractivity contribution is -0.0301. The average molecular weight is 300 g/mol. The van der Waals surface area contributed by atoms with Crippen molar-refractivity contribution in [3.63, 3.8) is 0 Å². The van der Waals surface area contributed by atoms with E-state index in [2.05, 4.69) is 41.3 Å². The van der Waals surface area contributed by atoms with Crippen molar-refractivity contribution in [1.82, 2.24) is 9.88 Å². The third kappa shape index (κ3) is 2.02. The van der Waals surface area contributed by atoms with E-state index in [1.165, 1.54) is 22.0 Å². The normalized spacial score (nSPS) is 29.5. The average Bonchev–Trinajstić information content (AvgIpc) is 2.94. The van der Waals surface area contributed by atoms with Crippen molar-refractivity contribution < 1.29 is 9.84 Å². The smallest absolute Gasteiger partial charge is 0.0842 e. The number of ether oxygens (including phenoxy) is 1. The van der Waals surface area contributed by atoms with Crippen LogP contribution in [0.5, 0.6) is 0 Å². The molecule has 1 aliphatic carbocycles. The molecule has 1 saturated heterocycles. The summed E-state index contributed by atoms with van der Waals surface area (Å²) in [6, 6.07) is 7.16. The van der Waals surface area contributed by atoms with Crippen molar-refractivity contribution in [2.45, 2.75) is 30.9 Å². The third-order valence-corrected chi connectivity index (χ3v) is 5.77. The second-order valence-corrected chi connectivity index (χ2v) is 6.85. The highest BCUT2D eigenvalue weighted by Crippen LogP contribution is 2.44. The Labute approximate surface area is 131 Å². The minimum atomic E-state index is -0.0600. The maximum Gasteiger partial charge on any atom is 0.0842 e.